The quantitative estimate of drug-likeness (QED) is 0.420. The average Bonchev–Trinajstić information content (AvgIpc) is 2.33. The summed E-state index contributed by atoms with van der Waals surface area (Å²) in [6.07, 6.45) is 1.78. The number of hydrogen-bond acceptors (Lipinski definition) is 0. The van der Waals surface area contributed by atoms with Crippen molar-refractivity contribution < 1.29 is 17.4 Å². The molecule has 1 aromatic carbocycles. The molecule has 0 fully saturated rings. The predicted octanol–water partition coefficient (Wildman–Crippen LogP) is 4.45. The van der Waals surface area contributed by atoms with Gasteiger partial charge in [-0.1, -0.05) is 17.5 Å². The van der Waals surface area contributed by atoms with E-state index < -0.39 is 25.0 Å². The summed E-state index contributed by atoms with van der Waals surface area (Å²) < 4.78 is 54.0. The fraction of sp³-hybridized carbons (Fsp3) is 0.500. The molecular formula is C12H16F4P+. The summed E-state index contributed by atoms with van der Waals surface area (Å²) in [5.74, 6) is -4.21. The van der Waals surface area contributed by atoms with Crippen LogP contribution in [-0.4, -0.2) is 12.3 Å². The van der Waals surface area contributed by atoms with Gasteiger partial charge in [0.05, 0.1) is 12.3 Å². The summed E-state index contributed by atoms with van der Waals surface area (Å²) >= 11 is 0. The molecule has 0 aliphatic carbocycles. The van der Waals surface area contributed by atoms with Gasteiger partial charge >= 0.3 is 0 Å². The van der Waals surface area contributed by atoms with Crippen LogP contribution in [0.5, 0.6) is 0 Å². The predicted molar refractivity (Wildman–Crippen MR) is 64.3 cm³/mol. The number of unbranched alkanes of at least 4 members (excludes halogenated alkanes) is 1. The van der Waals surface area contributed by atoms with Gasteiger partial charge in [0.25, 0.3) is 0 Å². The Hall–Kier alpha value is -0.630. The van der Waals surface area contributed by atoms with Crippen LogP contribution in [0.1, 0.15) is 26.7 Å². The smallest absolute Gasteiger partial charge is 0.204 e. The van der Waals surface area contributed by atoms with E-state index >= 15 is 0 Å². The lowest BCUT2D eigenvalue weighted by atomic mass is 10.3. The second kappa shape index (κ2) is 5.81. The molecule has 0 aromatic heterocycles. The number of benzene rings is 1. The van der Waals surface area contributed by atoms with E-state index in [0.29, 0.717) is 6.42 Å². The van der Waals surface area contributed by atoms with Crippen molar-refractivity contribution in [3.63, 3.8) is 0 Å². The van der Waals surface area contributed by atoms with Crippen molar-refractivity contribution in [1.82, 2.24) is 0 Å². The van der Waals surface area contributed by atoms with Crippen molar-refractivity contribution in [2.24, 2.45) is 0 Å². The molecule has 0 bridgehead atoms. The van der Waals surface area contributed by atoms with E-state index in [9.17, 15) is 17.4 Å². The highest BCUT2D eigenvalue weighted by Gasteiger charge is 2.43. The lowest BCUT2D eigenvalue weighted by molar-refractivity contribution is 0.450. The normalized spacial score (nSPS) is 14.7. The molecule has 0 nitrogen and oxygen atoms in total. The Kier molecular flexibility index (Phi) is 4.93. The Morgan fingerprint density at radius 1 is 1.06 bits per heavy atom. The second-order valence-electron chi connectivity index (χ2n) is 3.95. The monoisotopic (exact) mass is 267 g/mol. The first-order valence-corrected chi connectivity index (χ1v) is 7.72. The number of rotatable bonds is 5. The Labute approximate surface area is 99.5 Å². The van der Waals surface area contributed by atoms with Crippen molar-refractivity contribution in [2.75, 3.05) is 12.3 Å². The Balaban J connectivity index is 3.16. The van der Waals surface area contributed by atoms with Crippen molar-refractivity contribution in [3.8, 4) is 0 Å². The topological polar surface area (TPSA) is 0 Å². The molecule has 0 amide bonds. The minimum Gasteiger partial charge on any atom is -0.204 e. The van der Waals surface area contributed by atoms with E-state index in [1.807, 2.05) is 6.92 Å². The summed E-state index contributed by atoms with van der Waals surface area (Å²) in [4.78, 5) is 0. The largest absolute Gasteiger partial charge is 0.237 e. The zero-order valence-electron chi connectivity index (χ0n) is 9.94. The average molecular weight is 267 g/mol. The highest BCUT2D eigenvalue weighted by Crippen LogP contribution is 2.60. The van der Waals surface area contributed by atoms with Gasteiger partial charge in [-0.3, -0.25) is 0 Å². The molecule has 0 heterocycles. The van der Waals surface area contributed by atoms with Gasteiger partial charge in [-0.15, -0.1) is 0 Å². The van der Waals surface area contributed by atoms with Crippen molar-refractivity contribution in [3.05, 3.63) is 29.6 Å². The lowest BCUT2D eigenvalue weighted by Gasteiger charge is -2.15. The van der Waals surface area contributed by atoms with Gasteiger partial charge in [-0.2, -0.15) is 4.39 Å². The summed E-state index contributed by atoms with van der Waals surface area (Å²) in [5.41, 5.74) is 0. The van der Waals surface area contributed by atoms with Crippen LogP contribution >= 0.6 is 7.57 Å². The molecule has 1 unspecified atom stereocenters. The molecule has 0 radical (unpaired) electrons. The van der Waals surface area contributed by atoms with E-state index in [1.54, 1.807) is 6.92 Å². The molecule has 17 heavy (non-hydrogen) atoms. The van der Waals surface area contributed by atoms with Crippen molar-refractivity contribution >= 4 is 12.9 Å². The minimum atomic E-state index is -3.19. The van der Waals surface area contributed by atoms with E-state index in [2.05, 4.69) is 0 Å². The van der Waals surface area contributed by atoms with Gasteiger partial charge in [-0.25, -0.2) is 8.78 Å². The molecular weight excluding hydrogens is 251 g/mol. The van der Waals surface area contributed by atoms with Gasteiger partial charge in [0.2, 0.25) is 13.4 Å². The second-order valence-corrected chi connectivity index (χ2v) is 7.24. The molecule has 96 valence electrons. The molecule has 1 aromatic rings. The summed E-state index contributed by atoms with van der Waals surface area (Å²) in [5, 5.41) is -0.271. The van der Waals surface area contributed by atoms with Crippen LogP contribution in [0.2, 0.25) is 0 Å². The van der Waals surface area contributed by atoms with Gasteiger partial charge in [0.1, 0.15) is 0 Å². The minimum absolute atomic E-state index is 0.148. The fourth-order valence-electron chi connectivity index (χ4n) is 1.68. The van der Waals surface area contributed by atoms with Crippen LogP contribution in [0, 0.1) is 17.5 Å². The molecule has 0 saturated heterocycles. The van der Waals surface area contributed by atoms with Crippen LogP contribution in [-0.2, 0) is 0 Å². The molecule has 0 spiro atoms. The van der Waals surface area contributed by atoms with Crippen molar-refractivity contribution in [2.45, 2.75) is 26.7 Å². The molecule has 0 N–H and O–H groups in total. The zero-order valence-corrected chi connectivity index (χ0v) is 10.8. The Bertz CT molecular complexity index is 394. The fourth-order valence-corrected chi connectivity index (χ4v) is 4.19. The van der Waals surface area contributed by atoms with Gasteiger partial charge in [-0.05, 0) is 25.5 Å². The van der Waals surface area contributed by atoms with E-state index in [0.717, 1.165) is 18.6 Å². The zero-order chi connectivity index (χ0) is 13.1. The Morgan fingerprint density at radius 2 is 1.71 bits per heavy atom. The summed E-state index contributed by atoms with van der Waals surface area (Å²) in [7, 11) is -3.19. The maximum Gasteiger partial charge on any atom is 0.237 e. The summed E-state index contributed by atoms with van der Waals surface area (Å²) in [6, 6.07) is 1.84. The Morgan fingerprint density at radius 3 is 2.24 bits per heavy atom. The maximum atomic E-state index is 14.6. The van der Waals surface area contributed by atoms with Gasteiger partial charge in [0, 0.05) is 0 Å². The van der Waals surface area contributed by atoms with Crippen LogP contribution < -0.4 is 5.30 Å². The third-order valence-corrected chi connectivity index (χ3v) is 6.05. The highest BCUT2D eigenvalue weighted by atomic mass is 31.2. The van der Waals surface area contributed by atoms with E-state index in [4.69, 9.17) is 0 Å². The van der Waals surface area contributed by atoms with Crippen LogP contribution in [0.25, 0.3) is 0 Å². The summed E-state index contributed by atoms with van der Waals surface area (Å²) in [6.45, 7) is 3.52. The third kappa shape index (κ3) is 2.98. The third-order valence-electron chi connectivity index (χ3n) is 2.81. The van der Waals surface area contributed by atoms with Crippen LogP contribution in [0.4, 0.5) is 17.4 Å². The number of halogens is 4. The lowest BCUT2D eigenvalue weighted by Crippen LogP contribution is -2.19. The maximum absolute atomic E-state index is 14.6. The van der Waals surface area contributed by atoms with Gasteiger partial charge < -0.3 is 0 Å². The van der Waals surface area contributed by atoms with Crippen molar-refractivity contribution in [1.29, 1.82) is 0 Å². The molecule has 1 rings (SSSR count). The first-order valence-electron chi connectivity index (χ1n) is 5.67. The highest BCUT2D eigenvalue weighted by molar-refractivity contribution is 7.78. The van der Waals surface area contributed by atoms with Crippen LogP contribution in [0.3, 0.4) is 0 Å². The molecule has 0 aliphatic heterocycles. The van der Waals surface area contributed by atoms with E-state index in [1.165, 1.54) is 0 Å². The standard InChI is InChI=1S/C12H16F4P/c1-3-5-8-17(16,4-2)10-7-6-9(13)11(14)12(10)15/h6-7H,3-5,8H2,1-2H3/q+1. The van der Waals surface area contributed by atoms with E-state index in [-0.39, 0.29) is 17.6 Å². The molecule has 1 atom stereocenters. The number of hydrogen-bond donors (Lipinski definition) is 0. The van der Waals surface area contributed by atoms with Crippen LogP contribution in [0.15, 0.2) is 12.1 Å². The first-order chi connectivity index (χ1) is 7.96. The SMILES string of the molecule is CCCC[P+](F)(CC)c1ccc(F)c(F)c1F. The molecule has 0 saturated carbocycles. The first kappa shape index (κ1) is 14.4. The molecule has 0 aliphatic rings. The van der Waals surface area contributed by atoms with Gasteiger partial charge in [0.15, 0.2) is 16.9 Å². The molecule has 5 heteroatoms.